The fourth-order valence-corrected chi connectivity index (χ4v) is 3.37. The Hall–Kier alpha value is -0.860. The summed E-state index contributed by atoms with van der Waals surface area (Å²) in [6.45, 7) is 5.40. The Bertz CT molecular complexity index is 345. The molecule has 0 aromatic rings. The van der Waals surface area contributed by atoms with E-state index in [1.54, 1.807) is 0 Å². The average Bonchev–Trinajstić information content (AvgIpc) is 2.65. The second-order valence-corrected chi connectivity index (χ2v) is 4.87. The molecule has 1 spiro atoms. The summed E-state index contributed by atoms with van der Waals surface area (Å²) in [5.74, 6) is 0.915. The van der Waals surface area contributed by atoms with Crippen molar-refractivity contribution in [1.29, 1.82) is 0 Å². The summed E-state index contributed by atoms with van der Waals surface area (Å²) in [6.07, 6.45) is 13.1. The van der Waals surface area contributed by atoms with Gasteiger partial charge in [-0.25, -0.2) is 0 Å². The quantitative estimate of drug-likeness (QED) is 0.629. The van der Waals surface area contributed by atoms with Gasteiger partial charge in [0.1, 0.15) is 5.60 Å². The highest BCUT2D eigenvalue weighted by Gasteiger charge is 2.55. The van der Waals surface area contributed by atoms with Crippen molar-refractivity contribution >= 4 is 0 Å². The molecular formula is C14H18O2. The maximum absolute atomic E-state index is 6.08. The van der Waals surface area contributed by atoms with Crippen molar-refractivity contribution in [3.05, 3.63) is 37.0 Å². The topological polar surface area (TPSA) is 18.5 Å². The third-order valence-electron chi connectivity index (χ3n) is 4.12. The number of fused-ring (bicyclic) bond motifs is 2. The predicted molar refractivity (Wildman–Crippen MR) is 63.1 cm³/mol. The van der Waals surface area contributed by atoms with E-state index in [-0.39, 0.29) is 11.7 Å². The lowest BCUT2D eigenvalue weighted by molar-refractivity contribution is -0.143. The van der Waals surface area contributed by atoms with E-state index >= 15 is 0 Å². The Morgan fingerprint density at radius 3 is 2.94 bits per heavy atom. The number of rotatable bonds is 1. The first-order chi connectivity index (χ1) is 7.87. The fourth-order valence-electron chi connectivity index (χ4n) is 3.37. The van der Waals surface area contributed by atoms with Gasteiger partial charge in [0.2, 0.25) is 0 Å². The van der Waals surface area contributed by atoms with Crippen LogP contribution in [0.4, 0.5) is 0 Å². The molecule has 4 atom stereocenters. The van der Waals surface area contributed by atoms with E-state index in [1.165, 1.54) is 0 Å². The van der Waals surface area contributed by atoms with E-state index in [1.807, 2.05) is 0 Å². The van der Waals surface area contributed by atoms with Gasteiger partial charge in [0.15, 0.2) is 0 Å². The van der Waals surface area contributed by atoms with E-state index < -0.39 is 0 Å². The van der Waals surface area contributed by atoms with Crippen molar-refractivity contribution < 1.29 is 9.47 Å². The molecule has 0 bridgehead atoms. The number of ether oxygens (including phenoxy) is 2. The largest absolute Gasteiger partial charge is 0.371 e. The minimum atomic E-state index is -0.147. The van der Waals surface area contributed by atoms with E-state index in [2.05, 4.69) is 37.0 Å². The van der Waals surface area contributed by atoms with Gasteiger partial charge in [-0.3, -0.25) is 0 Å². The molecule has 0 saturated heterocycles. The van der Waals surface area contributed by atoms with Gasteiger partial charge in [0, 0.05) is 11.8 Å². The molecule has 3 rings (SSSR count). The van der Waals surface area contributed by atoms with Gasteiger partial charge >= 0.3 is 0 Å². The Balaban J connectivity index is 1.96. The molecule has 0 amide bonds. The molecule has 0 aromatic carbocycles. The lowest BCUT2D eigenvalue weighted by atomic mass is 9.84. The van der Waals surface area contributed by atoms with Crippen molar-refractivity contribution in [2.75, 3.05) is 13.2 Å². The first-order valence-electron chi connectivity index (χ1n) is 6.06. The zero-order valence-corrected chi connectivity index (χ0v) is 9.47. The minimum absolute atomic E-state index is 0.147. The predicted octanol–water partition coefficient (Wildman–Crippen LogP) is 2.48. The van der Waals surface area contributed by atoms with Crippen LogP contribution in [0, 0.1) is 11.8 Å². The summed E-state index contributed by atoms with van der Waals surface area (Å²) in [5.41, 5.74) is -0.147. The van der Waals surface area contributed by atoms with Gasteiger partial charge in [-0.15, -0.1) is 6.58 Å². The Morgan fingerprint density at radius 1 is 1.25 bits per heavy atom. The summed E-state index contributed by atoms with van der Waals surface area (Å²) < 4.78 is 12.0. The summed E-state index contributed by atoms with van der Waals surface area (Å²) in [7, 11) is 0. The monoisotopic (exact) mass is 218 g/mol. The first-order valence-corrected chi connectivity index (χ1v) is 6.06. The van der Waals surface area contributed by atoms with Crippen LogP contribution in [0.25, 0.3) is 0 Å². The van der Waals surface area contributed by atoms with Crippen LogP contribution in [-0.4, -0.2) is 24.9 Å². The van der Waals surface area contributed by atoms with Crippen molar-refractivity contribution in [1.82, 2.24) is 0 Å². The standard InChI is InChI=1S/C14H18O2/c1-2-12-10-11-6-5-8-15-13(11)14(12)7-3-4-9-16-14/h2-6,11-13H,1,7-10H2/t11-,12+,13-,14+/m0/s1. The zero-order chi connectivity index (χ0) is 11.0. The average molecular weight is 218 g/mol. The summed E-state index contributed by atoms with van der Waals surface area (Å²) >= 11 is 0. The van der Waals surface area contributed by atoms with Gasteiger partial charge in [0.25, 0.3) is 0 Å². The first kappa shape index (κ1) is 10.3. The number of hydrogen-bond donors (Lipinski definition) is 0. The molecule has 2 nitrogen and oxygen atoms in total. The van der Waals surface area contributed by atoms with Gasteiger partial charge in [-0.05, 0) is 12.8 Å². The highest BCUT2D eigenvalue weighted by atomic mass is 16.6. The molecule has 1 fully saturated rings. The van der Waals surface area contributed by atoms with Gasteiger partial charge in [0.05, 0.1) is 19.3 Å². The van der Waals surface area contributed by atoms with Gasteiger partial charge in [-0.1, -0.05) is 30.4 Å². The summed E-state index contributed by atoms with van der Waals surface area (Å²) in [5, 5.41) is 0. The minimum Gasteiger partial charge on any atom is -0.371 e. The highest BCUT2D eigenvalue weighted by molar-refractivity contribution is 5.19. The zero-order valence-electron chi connectivity index (χ0n) is 9.47. The Morgan fingerprint density at radius 2 is 2.19 bits per heavy atom. The molecular weight excluding hydrogens is 200 g/mol. The molecule has 3 aliphatic rings. The van der Waals surface area contributed by atoms with Gasteiger partial charge in [-0.2, -0.15) is 0 Å². The fraction of sp³-hybridized carbons (Fsp3) is 0.571. The van der Waals surface area contributed by atoms with Crippen LogP contribution in [-0.2, 0) is 9.47 Å². The molecule has 16 heavy (non-hydrogen) atoms. The molecule has 2 heteroatoms. The Kier molecular flexibility index (Phi) is 2.49. The lowest BCUT2D eigenvalue weighted by Crippen LogP contribution is -2.49. The molecule has 2 aliphatic heterocycles. The molecule has 2 heterocycles. The third kappa shape index (κ3) is 1.33. The summed E-state index contributed by atoms with van der Waals surface area (Å²) in [4.78, 5) is 0. The second kappa shape index (κ2) is 3.86. The third-order valence-corrected chi connectivity index (χ3v) is 4.12. The van der Waals surface area contributed by atoms with Crippen molar-refractivity contribution in [3.63, 3.8) is 0 Å². The van der Waals surface area contributed by atoms with E-state index in [0.717, 1.165) is 19.4 Å². The van der Waals surface area contributed by atoms with Crippen molar-refractivity contribution in [2.45, 2.75) is 24.5 Å². The van der Waals surface area contributed by atoms with Crippen LogP contribution in [0.2, 0.25) is 0 Å². The molecule has 86 valence electrons. The van der Waals surface area contributed by atoms with Gasteiger partial charge < -0.3 is 9.47 Å². The van der Waals surface area contributed by atoms with Crippen LogP contribution in [0.15, 0.2) is 37.0 Å². The van der Waals surface area contributed by atoms with E-state index in [9.17, 15) is 0 Å². The maximum Gasteiger partial charge on any atom is 0.105 e. The smallest absolute Gasteiger partial charge is 0.105 e. The van der Waals surface area contributed by atoms with E-state index in [4.69, 9.17) is 9.47 Å². The highest BCUT2D eigenvalue weighted by Crippen LogP contribution is 2.49. The van der Waals surface area contributed by atoms with Crippen molar-refractivity contribution in [3.8, 4) is 0 Å². The molecule has 0 aromatic heterocycles. The lowest BCUT2D eigenvalue weighted by Gasteiger charge is -2.41. The van der Waals surface area contributed by atoms with E-state index in [0.29, 0.717) is 18.4 Å². The number of hydrogen-bond acceptors (Lipinski definition) is 2. The molecule has 0 radical (unpaired) electrons. The van der Waals surface area contributed by atoms with Crippen molar-refractivity contribution in [2.24, 2.45) is 11.8 Å². The van der Waals surface area contributed by atoms with Crippen LogP contribution in [0.3, 0.4) is 0 Å². The SMILES string of the molecule is C=C[C@@H]1C[C@@H]2C=CCO[C@@H]2[C@@]12CC=CCO2. The summed E-state index contributed by atoms with van der Waals surface area (Å²) in [6, 6.07) is 0. The van der Waals surface area contributed by atoms with Crippen LogP contribution >= 0.6 is 0 Å². The van der Waals surface area contributed by atoms with Crippen LogP contribution < -0.4 is 0 Å². The second-order valence-electron chi connectivity index (χ2n) is 4.87. The molecule has 1 saturated carbocycles. The molecule has 0 N–H and O–H groups in total. The molecule has 1 aliphatic carbocycles. The normalized spacial score (nSPS) is 45.9. The molecule has 0 unspecified atom stereocenters. The maximum atomic E-state index is 6.08. The Labute approximate surface area is 96.6 Å². The van der Waals surface area contributed by atoms with Crippen LogP contribution in [0.1, 0.15) is 12.8 Å². The van der Waals surface area contributed by atoms with Crippen LogP contribution in [0.5, 0.6) is 0 Å².